The minimum atomic E-state index is -4.53. The lowest BCUT2D eigenvalue weighted by molar-refractivity contribution is -0.335. The summed E-state index contributed by atoms with van der Waals surface area (Å²) in [5.41, 5.74) is -2.72. The van der Waals surface area contributed by atoms with Crippen molar-refractivity contribution < 1.29 is 18.4 Å². The Hall–Kier alpha value is -1.07. The monoisotopic (exact) mass is 272 g/mol. The Labute approximate surface area is 110 Å². The van der Waals surface area contributed by atoms with Crippen LogP contribution in [0.1, 0.15) is 32.3 Å². The van der Waals surface area contributed by atoms with Crippen molar-refractivity contribution in [3.05, 3.63) is 35.9 Å². The molecule has 1 saturated heterocycles. The van der Waals surface area contributed by atoms with Gasteiger partial charge < -0.3 is 0 Å². The first-order valence-corrected chi connectivity index (χ1v) is 6.27. The predicted octanol–water partition coefficient (Wildman–Crippen LogP) is 3.75. The second-order valence-electron chi connectivity index (χ2n) is 5.80. The van der Waals surface area contributed by atoms with Crippen LogP contribution in [-0.2, 0) is 11.6 Å². The van der Waals surface area contributed by atoms with Gasteiger partial charge in [-0.25, -0.2) is 0 Å². The molecule has 1 unspecified atom stereocenters. The Bertz CT molecular complexity index is 444. The lowest BCUT2D eigenvalue weighted by Crippen LogP contribution is -2.58. The van der Waals surface area contributed by atoms with Gasteiger partial charge in [0.05, 0.1) is 0 Å². The molecule has 0 saturated carbocycles. The molecule has 0 bridgehead atoms. The molecule has 2 nitrogen and oxygen atoms in total. The van der Waals surface area contributed by atoms with Crippen LogP contribution in [0, 0.1) is 0 Å². The van der Waals surface area contributed by atoms with Gasteiger partial charge in [0.15, 0.2) is 0 Å². The first-order valence-electron chi connectivity index (χ1n) is 6.27. The number of hydrogen-bond donors (Lipinski definition) is 0. The van der Waals surface area contributed by atoms with E-state index < -0.39 is 17.3 Å². The van der Waals surface area contributed by atoms with Crippen LogP contribution in [0.4, 0.5) is 13.2 Å². The first kappa shape index (κ1) is 14.3. The van der Waals surface area contributed by atoms with Crippen molar-refractivity contribution in [1.29, 1.82) is 0 Å². The summed E-state index contributed by atoms with van der Waals surface area (Å²) in [4.78, 5) is 0. The van der Waals surface area contributed by atoms with E-state index >= 15 is 0 Å². The summed E-state index contributed by atoms with van der Waals surface area (Å²) in [6, 6.07) is 8.39. The van der Waals surface area contributed by atoms with Gasteiger partial charge in [0.2, 0.25) is 0 Å². The van der Waals surface area contributed by atoms with E-state index in [1.165, 1.54) is 0 Å². The Morgan fingerprint density at radius 2 is 1.74 bits per heavy atom. The second-order valence-corrected chi connectivity index (χ2v) is 5.80. The number of nitrogens with zero attached hydrogens (tertiary/aromatic N) is 1. The molecule has 0 N–H and O–H groups in total. The summed E-state index contributed by atoms with van der Waals surface area (Å²) in [6.45, 7) is 3.14. The Morgan fingerprint density at radius 3 is 2.16 bits per heavy atom. The van der Waals surface area contributed by atoms with Crippen LogP contribution in [-0.4, -0.2) is 22.3 Å². The predicted molar refractivity (Wildman–Crippen MR) is 64.8 cm³/mol. The SMILES string of the molecule is CC1(C)CCC(Cc2ccccc2)(C(F)(F)F)N1[O]. The van der Waals surface area contributed by atoms with Gasteiger partial charge in [-0.1, -0.05) is 30.3 Å². The molecule has 0 spiro atoms. The highest BCUT2D eigenvalue weighted by atomic mass is 19.4. The molecule has 1 aromatic carbocycles. The van der Waals surface area contributed by atoms with Crippen molar-refractivity contribution in [2.75, 3.05) is 0 Å². The maximum atomic E-state index is 13.5. The average molecular weight is 272 g/mol. The molecule has 1 fully saturated rings. The summed E-state index contributed by atoms with van der Waals surface area (Å²) >= 11 is 0. The van der Waals surface area contributed by atoms with E-state index in [-0.39, 0.29) is 24.3 Å². The van der Waals surface area contributed by atoms with Gasteiger partial charge in [0, 0.05) is 12.0 Å². The fourth-order valence-electron chi connectivity index (χ4n) is 2.75. The topological polar surface area (TPSA) is 23.1 Å². The van der Waals surface area contributed by atoms with E-state index in [0.717, 1.165) is 0 Å². The smallest absolute Gasteiger partial charge is 0.169 e. The maximum Gasteiger partial charge on any atom is 0.409 e. The summed E-state index contributed by atoms with van der Waals surface area (Å²) < 4.78 is 40.4. The highest BCUT2D eigenvalue weighted by Gasteiger charge is 2.65. The third kappa shape index (κ3) is 2.37. The van der Waals surface area contributed by atoms with Crippen LogP contribution in [0.15, 0.2) is 30.3 Å². The average Bonchev–Trinajstić information content (AvgIpc) is 2.55. The van der Waals surface area contributed by atoms with E-state index in [1.54, 1.807) is 44.2 Å². The van der Waals surface area contributed by atoms with Gasteiger partial charge in [0.25, 0.3) is 0 Å². The summed E-state index contributed by atoms with van der Waals surface area (Å²) in [7, 11) is 0. The molecular formula is C14H17F3NO. The van der Waals surface area contributed by atoms with Gasteiger partial charge in [0.1, 0.15) is 5.54 Å². The van der Waals surface area contributed by atoms with Crippen LogP contribution in [0.3, 0.4) is 0 Å². The third-order valence-electron chi connectivity index (χ3n) is 3.96. The van der Waals surface area contributed by atoms with Crippen molar-refractivity contribution in [3.8, 4) is 0 Å². The van der Waals surface area contributed by atoms with Gasteiger partial charge >= 0.3 is 6.18 Å². The van der Waals surface area contributed by atoms with Gasteiger partial charge in [-0.2, -0.15) is 13.2 Å². The molecule has 0 aliphatic carbocycles. The molecule has 1 heterocycles. The molecule has 19 heavy (non-hydrogen) atoms. The fourth-order valence-corrected chi connectivity index (χ4v) is 2.75. The zero-order valence-electron chi connectivity index (χ0n) is 11.0. The molecule has 105 valence electrons. The molecule has 1 radical (unpaired) electrons. The molecule has 1 aliphatic rings. The van der Waals surface area contributed by atoms with E-state index in [4.69, 9.17) is 0 Å². The molecular weight excluding hydrogens is 255 g/mol. The number of halogens is 3. The fraction of sp³-hybridized carbons (Fsp3) is 0.571. The van der Waals surface area contributed by atoms with E-state index in [0.29, 0.717) is 5.56 Å². The molecule has 1 atom stereocenters. The van der Waals surface area contributed by atoms with E-state index in [2.05, 4.69) is 0 Å². The highest BCUT2D eigenvalue weighted by Crippen LogP contribution is 2.50. The van der Waals surface area contributed by atoms with Gasteiger partial charge in [-0.05, 0) is 32.3 Å². The summed E-state index contributed by atoms with van der Waals surface area (Å²) in [5, 5.41) is 12.5. The molecule has 0 aromatic heterocycles. The van der Waals surface area contributed by atoms with Crippen molar-refractivity contribution in [2.45, 2.75) is 50.4 Å². The molecule has 5 heteroatoms. The zero-order valence-corrected chi connectivity index (χ0v) is 11.0. The third-order valence-corrected chi connectivity index (χ3v) is 3.96. The molecule has 0 amide bonds. The van der Waals surface area contributed by atoms with Crippen molar-refractivity contribution in [2.24, 2.45) is 0 Å². The number of hydroxylamine groups is 2. The van der Waals surface area contributed by atoms with Crippen LogP contribution in [0.5, 0.6) is 0 Å². The zero-order chi connectivity index (χ0) is 14.3. The van der Waals surface area contributed by atoms with Crippen LogP contribution in [0.25, 0.3) is 0 Å². The highest BCUT2D eigenvalue weighted by molar-refractivity contribution is 5.21. The van der Waals surface area contributed by atoms with Gasteiger partial charge in [-0.15, -0.1) is 10.3 Å². The van der Waals surface area contributed by atoms with Crippen LogP contribution in [0.2, 0.25) is 0 Å². The van der Waals surface area contributed by atoms with Crippen LogP contribution >= 0.6 is 0 Å². The summed E-state index contributed by atoms with van der Waals surface area (Å²) in [6.07, 6.45) is -4.71. The largest absolute Gasteiger partial charge is 0.409 e. The Morgan fingerprint density at radius 1 is 1.16 bits per heavy atom. The number of benzene rings is 1. The van der Waals surface area contributed by atoms with E-state index in [9.17, 15) is 18.4 Å². The lowest BCUT2D eigenvalue weighted by atomic mass is 9.88. The quantitative estimate of drug-likeness (QED) is 0.804. The molecule has 1 aromatic rings. The minimum absolute atomic E-state index is 0.151. The van der Waals surface area contributed by atoms with Gasteiger partial charge in [-0.3, -0.25) is 0 Å². The Balaban J connectivity index is 2.38. The van der Waals surface area contributed by atoms with E-state index in [1.807, 2.05) is 0 Å². The van der Waals surface area contributed by atoms with Crippen molar-refractivity contribution in [1.82, 2.24) is 5.06 Å². The lowest BCUT2D eigenvalue weighted by Gasteiger charge is -2.39. The minimum Gasteiger partial charge on any atom is -0.169 e. The molecule has 2 rings (SSSR count). The van der Waals surface area contributed by atoms with Crippen molar-refractivity contribution in [3.63, 3.8) is 0 Å². The number of rotatable bonds is 2. The maximum absolute atomic E-state index is 13.5. The van der Waals surface area contributed by atoms with Crippen LogP contribution < -0.4 is 0 Å². The standard InChI is InChI=1S/C14H17F3NO/c1-12(2)8-9-13(18(12)19,14(15,16)17)10-11-6-4-3-5-7-11/h3-7H,8-10H2,1-2H3. The molecule has 1 aliphatic heterocycles. The Kier molecular flexibility index (Phi) is 3.39. The normalized spacial score (nSPS) is 27.7. The second kappa shape index (κ2) is 4.49. The van der Waals surface area contributed by atoms with Crippen molar-refractivity contribution >= 4 is 0 Å². The first-order chi connectivity index (χ1) is 8.69. The number of hydrogen-bond acceptors (Lipinski definition) is 1. The summed E-state index contributed by atoms with van der Waals surface area (Å²) in [5.74, 6) is 0. The number of alkyl halides is 3.